The van der Waals surface area contributed by atoms with E-state index < -0.39 is 10.0 Å². The van der Waals surface area contributed by atoms with E-state index in [2.05, 4.69) is 5.32 Å². The molecule has 0 aromatic heterocycles. The van der Waals surface area contributed by atoms with Gasteiger partial charge in [-0.05, 0) is 31.4 Å². The number of sulfonamides is 1. The summed E-state index contributed by atoms with van der Waals surface area (Å²) in [5.74, 6) is 0. The lowest BCUT2D eigenvalue weighted by atomic mass is 10.2. The number of aliphatic hydroxyl groups is 1. The lowest BCUT2D eigenvalue weighted by molar-refractivity contribution is 0.288. The Morgan fingerprint density at radius 2 is 2.11 bits per heavy atom. The summed E-state index contributed by atoms with van der Waals surface area (Å²) in [6.07, 6.45) is 1.91. The monoisotopic (exact) mass is 305 g/mol. The van der Waals surface area contributed by atoms with Crippen LogP contribution in [0.25, 0.3) is 0 Å². The second-order valence-corrected chi connectivity index (χ2v) is 6.79. The molecule has 6 nitrogen and oxygen atoms in total. The Kier molecular flexibility index (Phi) is 5.48. The molecule has 8 heteroatoms. The maximum absolute atomic E-state index is 11.2. The quantitative estimate of drug-likeness (QED) is 0.566. The van der Waals surface area contributed by atoms with E-state index in [4.69, 9.17) is 10.9 Å². The largest absolute Gasteiger partial charge is 0.398 e. The molecule has 19 heavy (non-hydrogen) atoms. The van der Waals surface area contributed by atoms with Crippen LogP contribution in [0.1, 0.15) is 6.92 Å². The van der Waals surface area contributed by atoms with Gasteiger partial charge in [-0.15, -0.1) is 0 Å². The minimum absolute atomic E-state index is 0.0136. The average molecular weight is 305 g/mol. The molecule has 0 saturated heterocycles. The smallest absolute Gasteiger partial charge is 0.240 e. The van der Waals surface area contributed by atoms with Crippen molar-refractivity contribution in [2.45, 2.75) is 23.1 Å². The van der Waals surface area contributed by atoms with Gasteiger partial charge < -0.3 is 16.2 Å². The molecule has 0 radical (unpaired) electrons. The first-order chi connectivity index (χ1) is 8.79. The second kappa shape index (κ2) is 6.47. The molecule has 1 aromatic carbocycles. The van der Waals surface area contributed by atoms with Gasteiger partial charge in [0.1, 0.15) is 4.90 Å². The minimum atomic E-state index is -3.80. The molecule has 0 aliphatic carbocycles. The summed E-state index contributed by atoms with van der Waals surface area (Å²) in [6, 6.07) is 4.50. The SMILES string of the molecule is CSC(CO)C(C)Nc1ccc(S(N)(=O)=O)c(N)c1. The molecule has 0 spiro atoms. The lowest BCUT2D eigenvalue weighted by Gasteiger charge is -2.22. The molecule has 0 aliphatic rings. The van der Waals surface area contributed by atoms with E-state index >= 15 is 0 Å². The summed E-state index contributed by atoms with van der Waals surface area (Å²) >= 11 is 1.55. The fraction of sp³-hybridized carbons (Fsp3) is 0.455. The van der Waals surface area contributed by atoms with Gasteiger partial charge >= 0.3 is 0 Å². The zero-order valence-corrected chi connectivity index (χ0v) is 12.5. The number of thioether (sulfide) groups is 1. The molecule has 1 aromatic rings. The normalized spacial score (nSPS) is 14.9. The van der Waals surface area contributed by atoms with E-state index in [1.54, 1.807) is 17.8 Å². The third-order valence-corrected chi connectivity index (χ3v) is 4.90. The van der Waals surface area contributed by atoms with Gasteiger partial charge in [-0.3, -0.25) is 0 Å². The van der Waals surface area contributed by atoms with Crippen molar-refractivity contribution in [3.8, 4) is 0 Å². The number of benzene rings is 1. The number of hydrogen-bond donors (Lipinski definition) is 4. The maximum atomic E-state index is 11.2. The third-order valence-electron chi connectivity index (χ3n) is 2.75. The van der Waals surface area contributed by atoms with Crippen LogP contribution in [0.15, 0.2) is 23.1 Å². The molecular weight excluding hydrogens is 286 g/mol. The van der Waals surface area contributed by atoms with E-state index in [9.17, 15) is 13.5 Å². The van der Waals surface area contributed by atoms with Crippen LogP contribution in [-0.4, -0.2) is 37.7 Å². The van der Waals surface area contributed by atoms with Gasteiger partial charge in [-0.25, -0.2) is 13.6 Å². The highest BCUT2D eigenvalue weighted by atomic mass is 32.2. The van der Waals surface area contributed by atoms with Gasteiger partial charge in [0, 0.05) is 17.0 Å². The van der Waals surface area contributed by atoms with Crippen LogP contribution in [0.2, 0.25) is 0 Å². The van der Waals surface area contributed by atoms with E-state index in [0.29, 0.717) is 5.69 Å². The van der Waals surface area contributed by atoms with Crippen LogP contribution in [0.4, 0.5) is 11.4 Å². The van der Waals surface area contributed by atoms with Crippen LogP contribution in [0.5, 0.6) is 0 Å². The zero-order chi connectivity index (χ0) is 14.6. The Bertz CT molecular complexity index is 530. The van der Waals surface area contributed by atoms with Gasteiger partial charge in [-0.1, -0.05) is 0 Å². The summed E-state index contributed by atoms with van der Waals surface area (Å²) in [4.78, 5) is -0.0886. The zero-order valence-electron chi connectivity index (χ0n) is 10.8. The molecule has 1 rings (SSSR count). The summed E-state index contributed by atoms with van der Waals surface area (Å²) in [5.41, 5.74) is 6.46. The predicted molar refractivity (Wildman–Crippen MR) is 79.7 cm³/mol. The summed E-state index contributed by atoms with van der Waals surface area (Å²) < 4.78 is 22.5. The first-order valence-electron chi connectivity index (χ1n) is 5.62. The van der Waals surface area contributed by atoms with E-state index in [1.165, 1.54) is 12.1 Å². The number of hydrogen-bond acceptors (Lipinski definition) is 6. The fourth-order valence-corrected chi connectivity index (χ4v) is 2.96. The average Bonchev–Trinajstić information content (AvgIpc) is 2.28. The number of nitrogen functional groups attached to an aromatic ring is 1. The predicted octanol–water partition coefficient (Wildman–Crippen LogP) is 0.441. The van der Waals surface area contributed by atoms with Gasteiger partial charge in [0.2, 0.25) is 10.0 Å². The van der Waals surface area contributed by atoms with E-state index in [-0.39, 0.29) is 28.5 Å². The van der Waals surface area contributed by atoms with Gasteiger partial charge in [0.25, 0.3) is 0 Å². The number of rotatable bonds is 6. The molecule has 0 heterocycles. The number of nitrogens with two attached hydrogens (primary N) is 2. The first kappa shape index (κ1) is 16.1. The number of aliphatic hydroxyl groups excluding tert-OH is 1. The number of nitrogens with one attached hydrogen (secondary N) is 1. The molecule has 0 fully saturated rings. The third kappa shape index (κ3) is 4.27. The van der Waals surface area contributed by atoms with Gasteiger partial charge in [-0.2, -0.15) is 11.8 Å². The van der Waals surface area contributed by atoms with Crippen molar-refractivity contribution in [3.05, 3.63) is 18.2 Å². The van der Waals surface area contributed by atoms with E-state index in [0.717, 1.165) is 0 Å². The van der Waals surface area contributed by atoms with Crippen LogP contribution >= 0.6 is 11.8 Å². The molecule has 6 N–H and O–H groups in total. The van der Waals surface area contributed by atoms with Crippen molar-refractivity contribution in [1.29, 1.82) is 0 Å². The van der Waals surface area contributed by atoms with Crippen LogP contribution in [0.3, 0.4) is 0 Å². The molecule has 2 unspecified atom stereocenters. The van der Waals surface area contributed by atoms with Crippen molar-refractivity contribution in [2.24, 2.45) is 5.14 Å². The fourth-order valence-electron chi connectivity index (χ4n) is 1.69. The number of anilines is 2. The van der Waals surface area contributed by atoms with Crippen LogP contribution < -0.4 is 16.2 Å². The maximum Gasteiger partial charge on any atom is 0.240 e. The van der Waals surface area contributed by atoms with Crippen molar-refractivity contribution in [1.82, 2.24) is 0 Å². The lowest BCUT2D eigenvalue weighted by Crippen LogP contribution is -2.31. The van der Waals surface area contributed by atoms with Crippen LogP contribution in [0, 0.1) is 0 Å². The molecule has 0 amide bonds. The molecule has 0 bridgehead atoms. The second-order valence-electron chi connectivity index (χ2n) is 4.19. The number of primary sulfonamides is 1. The van der Waals surface area contributed by atoms with Crippen LogP contribution in [-0.2, 0) is 10.0 Å². The van der Waals surface area contributed by atoms with Crippen molar-refractivity contribution in [3.63, 3.8) is 0 Å². The summed E-state index contributed by atoms with van der Waals surface area (Å²) in [5, 5.41) is 17.4. The minimum Gasteiger partial charge on any atom is -0.398 e. The standard InChI is InChI=1S/C11H19N3O3S2/c1-7(10(6-15)18-2)14-8-3-4-11(9(12)5-8)19(13,16)17/h3-5,7,10,14-15H,6,12H2,1-2H3,(H2,13,16,17). The van der Waals surface area contributed by atoms with Gasteiger partial charge in [0.15, 0.2) is 0 Å². The highest BCUT2D eigenvalue weighted by Gasteiger charge is 2.16. The van der Waals surface area contributed by atoms with Crippen molar-refractivity contribution >= 4 is 33.2 Å². The summed E-state index contributed by atoms with van der Waals surface area (Å²) in [7, 11) is -3.80. The highest BCUT2D eigenvalue weighted by Crippen LogP contribution is 2.23. The molecule has 0 aliphatic heterocycles. The first-order valence-corrected chi connectivity index (χ1v) is 8.45. The topological polar surface area (TPSA) is 118 Å². The van der Waals surface area contributed by atoms with Crippen molar-refractivity contribution in [2.75, 3.05) is 23.9 Å². The Morgan fingerprint density at radius 3 is 2.53 bits per heavy atom. The Hall–Kier alpha value is -0.960. The molecule has 0 saturated carbocycles. The van der Waals surface area contributed by atoms with Gasteiger partial charge in [0.05, 0.1) is 12.3 Å². The molecule has 2 atom stereocenters. The Morgan fingerprint density at radius 1 is 1.47 bits per heavy atom. The Balaban J connectivity index is 2.91. The Labute approximate surface area is 117 Å². The molecule has 108 valence electrons. The highest BCUT2D eigenvalue weighted by molar-refractivity contribution is 7.99. The molecular formula is C11H19N3O3S2. The summed E-state index contributed by atoms with van der Waals surface area (Å²) in [6.45, 7) is 1.99. The van der Waals surface area contributed by atoms with E-state index in [1.807, 2.05) is 13.2 Å². The van der Waals surface area contributed by atoms with Crippen molar-refractivity contribution < 1.29 is 13.5 Å².